The maximum absolute atomic E-state index is 12.4. The first-order valence-electron chi connectivity index (χ1n) is 10.9. The van der Waals surface area contributed by atoms with Gasteiger partial charge in [0.1, 0.15) is 5.75 Å². The Labute approximate surface area is 192 Å². The number of aromatic nitrogens is 3. The topological polar surface area (TPSA) is 111 Å². The molecule has 3 aromatic rings. The predicted molar refractivity (Wildman–Crippen MR) is 128 cm³/mol. The Kier molecular flexibility index (Phi) is 8.81. The summed E-state index contributed by atoms with van der Waals surface area (Å²) in [4.78, 5) is 15.0. The Morgan fingerprint density at radius 1 is 1.00 bits per heavy atom. The van der Waals surface area contributed by atoms with Gasteiger partial charge in [-0.15, -0.1) is 10.2 Å². The normalized spacial score (nSPS) is 10.9. The molecule has 9 nitrogen and oxygen atoms in total. The number of benzene rings is 2. The number of anilines is 1. The molecule has 3 rings (SSSR count). The molecule has 0 fully saturated rings. The molecule has 1 heterocycles. The molecule has 0 atom stereocenters. The standard InChI is InChI=1S/C24H29N5O4/c1-4-5-6-7-14-33-20-13-8-17(15-21(20)32-3)16-25-28-24-26-23(30)22(27-29-24)18-9-11-19(31-2)12-10-18/h8-13,15-16H,4-7,14H2,1-3H3,(H2,26,28,29,30)/b25-16+. The molecule has 0 amide bonds. The summed E-state index contributed by atoms with van der Waals surface area (Å²) in [5.74, 6) is 2.15. The van der Waals surface area contributed by atoms with Gasteiger partial charge in [0.15, 0.2) is 17.2 Å². The summed E-state index contributed by atoms with van der Waals surface area (Å²) in [5.41, 5.74) is 3.95. The van der Waals surface area contributed by atoms with E-state index in [-0.39, 0.29) is 17.2 Å². The number of nitrogens with zero attached hydrogens (tertiary/aromatic N) is 3. The van der Waals surface area contributed by atoms with Crippen LogP contribution in [0, 0.1) is 0 Å². The molecule has 1 aromatic heterocycles. The van der Waals surface area contributed by atoms with Crippen LogP contribution in [0.25, 0.3) is 11.3 Å². The maximum atomic E-state index is 12.4. The molecular weight excluding hydrogens is 422 g/mol. The lowest BCUT2D eigenvalue weighted by molar-refractivity contribution is 0.285. The van der Waals surface area contributed by atoms with Crippen LogP contribution in [0.3, 0.4) is 0 Å². The predicted octanol–water partition coefficient (Wildman–Crippen LogP) is 4.25. The fraction of sp³-hybridized carbons (Fsp3) is 0.333. The number of methoxy groups -OCH3 is 2. The third-order valence-electron chi connectivity index (χ3n) is 4.89. The minimum atomic E-state index is -0.380. The second-order valence-corrected chi connectivity index (χ2v) is 7.27. The molecule has 174 valence electrons. The third kappa shape index (κ3) is 6.80. The first kappa shape index (κ1) is 23.8. The Bertz CT molecular complexity index is 1110. The van der Waals surface area contributed by atoms with Crippen LogP contribution >= 0.6 is 0 Å². The molecule has 2 N–H and O–H groups in total. The number of unbranched alkanes of at least 4 members (excludes halogenated alkanes) is 3. The number of hydrogen-bond acceptors (Lipinski definition) is 8. The van der Waals surface area contributed by atoms with E-state index in [9.17, 15) is 4.79 Å². The van der Waals surface area contributed by atoms with E-state index in [4.69, 9.17) is 14.2 Å². The number of H-pyrrole nitrogens is 1. The van der Waals surface area contributed by atoms with Crippen molar-refractivity contribution in [1.29, 1.82) is 0 Å². The van der Waals surface area contributed by atoms with Gasteiger partial charge in [0.2, 0.25) is 5.95 Å². The molecule has 0 saturated heterocycles. The molecule has 9 heteroatoms. The lowest BCUT2D eigenvalue weighted by atomic mass is 10.1. The zero-order valence-corrected chi connectivity index (χ0v) is 19.1. The number of ether oxygens (including phenoxy) is 3. The first-order valence-corrected chi connectivity index (χ1v) is 10.9. The Morgan fingerprint density at radius 3 is 2.52 bits per heavy atom. The van der Waals surface area contributed by atoms with Gasteiger partial charge in [-0.1, -0.05) is 26.2 Å². The molecule has 0 spiro atoms. The van der Waals surface area contributed by atoms with Crippen LogP contribution in [-0.2, 0) is 0 Å². The van der Waals surface area contributed by atoms with Crippen LogP contribution in [0.2, 0.25) is 0 Å². The van der Waals surface area contributed by atoms with Gasteiger partial charge in [0.25, 0.3) is 5.56 Å². The van der Waals surface area contributed by atoms with Gasteiger partial charge >= 0.3 is 0 Å². The molecule has 0 saturated carbocycles. The average molecular weight is 452 g/mol. The number of rotatable bonds is 12. The lowest BCUT2D eigenvalue weighted by Gasteiger charge is -2.11. The van der Waals surface area contributed by atoms with Gasteiger partial charge < -0.3 is 14.2 Å². The highest BCUT2D eigenvalue weighted by molar-refractivity contribution is 5.81. The first-order chi connectivity index (χ1) is 16.1. The van der Waals surface area contributed by atoms with Gasteiger partial charge in [-0.2, -0.15) is 5.10 Å². The van der Waals surface area contributed by atoms with Gasteiger partial charge in [0, 0.05) is 5.56 Å². The van der Waals surface area contributed by atoms with E-state index in [2.05, 4.69) is 32.6 Å². The van der Waals surface area contributed by atoms with Crippen molar-refractivity contribution in [3.63, 3.8) is 0 Å². The van der Waals surface area contributed by atoms with Crippen LogP contribution in [0.4, 0.5) is 5.95 Å². The Morgan fingerprint density at radius 2 is 1.82 bits per heavy atom. The van der Waals surface area contributed by atoms with Gasteiger partial charge in [0.05, 0.1) is 27.0 Å². The van der Waals surface area contributed by atoms with Crippen LogP contribution in [0.5, 0.6) is 17.2 Å². The Hall–Kier alpha value is -3.88. The fourth-order valence-corrected chi connectivity index (χ4v) is 3.09. The van der Waals surface area contributed by atoms with E-state index >= 15 is 0 Å². The second kappa shape index (κ2) is 12.2. The molecule has 33 heavy (non-hydrogen) atoms. The van der Waals surface area contributed by atoms with Crippen molar-refractivity contribution in [3.05, 3.63) is 58.4 Å². The van der Waals surface area contributed by atoms with Crippen molar-refractivity contribution in [1.82, 2.24) is 15.2 Å². The van der Waals surface area contributed by atoms with E-state index in [1.54, 1.807) is 44.7 Å². The highest BCUT2D eigenvalue weighted by Gasteiger charge is 2.08. The molecule has 2 aromatic carbocycles. The van der Waals surface area contributed by atoms with Crippen molar-refractivity contribution in [3.8, 4) is 28.5 Å². The average Bonchev–Trinajstić information content (AvgIpc) is 2.84. The Balaban J connectivity index is 1.61. The van der Waals surface area contributed by atoms with Crippen molar-refractivity contribution in [2.24, 2.45) is 5.10 Å². The number of aromatic amines is 1. The highest BCUT2D eigenvalue weighted by Crippen LogP contribution is 2.28. The summed E-state index contributed by atoms with van der Waals surface area (Å²) in [6.45, 7) is 2.84. The molecule has 0 aliphatic heterocycles. The maximum Gasteiger partial charge on any atom is 0.279 e. The molecule has 0 radical (unpaired) electrons. The zero-order valence-electron chi connectivity index (χ0n) is 19.1. The number of nitrogens with one attached hydrogen (secondary N) is 2. The zero-order chi connectivity index (χ0) is 23.5. The van der Waals surface area contributed by atoms with E-state index < -0.39 is 0 Å². The van der Waals surface area contributed by atoms with Crippen molar-refractivity contribution in [2.45, 2.75) is 32.6 Å². The molecular formula is C24H29N5O4. The summed E-state index contributed by atoms with van der Waals surface area (Å²) >= 11 is 0. The monoisotopic (exact) mass is 451 g/mol. The van der Waals surface area contributed by atoms with Crippen LogP contribution in [0.1, 0.15) is 38.2 Å². The summed E-state index contributed by atoms with van der Waals surface area (Å²) < 4.78 is 16.4. The number of hydrazone groups is 1. The van der Waals surface area contributed by atoms with Crippen LogP contribution in [0.15, 0.2) is 52.4 Å². The van der Waals surface area contributed by atoms with E-state index in [0.717, 1.165) is 18.4 Å². The molecule has 0 aliphatic carbocycles. The van der Waals surface area contributed by atoms with Crippen molar-refractivity contribution >= 4 is 12.2 Å². The summed E-state index contributed by atoms with van der Waals surface area (Å²) in [5, 5.41) is 12.1. The van der Waals surface area contributed by atoms with Crippen molar-refractivity contribution < 1.29 is 14.2 Å². The van der Waals surface area contributed by atoms with E-state index in [1.165, 1.54) is 12.8 Å². The van der Waals surface area contributed by atoms with Gasteiger partial charge in [-0.3, -0.25) is 9.78 Å². The molecule has 0 aliphatic rings. The lowest BCUT2D eigenvalue weighted by Crippen LogP contribution is -2.15. The highest BCUT2D eigenvalue weighted by atomic mass is 16.5. The summed E-state index contributed by atoms with van der Waals surface area (Å²) in [7, 11) is 3.18. The smallest absolute Gasteiger partial charge is 0.279 e. The largest absolute Gasteiger partial charge is 0.497 e. The van der Waals surface area contributed by atoms with E-state index in [0.29, 0.717) is 29.4 Å². The summed E-state index contributed by atoms with van der Waals surface area (Å²) in [6.07, 6.45) is 6.16. The van der Waals surface area contributed by atoms with Gasteiger partial charge in [-0.05, 0) is 54.4 Å². The van der Waals surface area contributed by atoms with Crippen molar-refractivity contribution in [2.75, 3.05) is 26.3 Å². The van der Waals surface area contributed by atoms with Crippen LogP contribution < -0.4 is 25.2 Å². The summed E-state index contributed by atoms with van der Waals surface area (Å²) in [6, 6.07) is 12.5. The quantitative estimate of drug-likeness (QED) is 0.240. The second-order valence-electron chi connectivity index (χ2n) is 7.27. The minimum Gasteiger partial charge on any atom is -0.497 e. The van der Waals surface area contributed by atoms with E-state index in [1.807, 2.05) is 18.2 Å². The number of hydrogen-bond donors (Lipinski definition) is 2. The van der Waals surface area contributed by atoms with Gasteiger partial charge in [-0.25, -0.2) is 5.43 Å². The minimum absolute atomic E-state index is 0.132. The fourth-order valence-electron chi connectivity index (χ4n) is 3.09. The third-order valence-corrected chi connectivity index (χ3v) is 4.89. The van der Waals surface area contributed by atoms with Crippen LogP contribution in [-0.4, -0.2) is 42.2 Å². The SMILES string of the molecule is CCCCCCOc1ccc(/C=N/Nc2nnc(-c3ccc(OC)cc3)c(=O)[nH]2)cc1OC. The molecule has 0 unspecified atom stereocenters. The molecule has 0 bridgehead atoms.